The van der Waals surface area contributed by atoms with Crippen molar-refractivity contribution in [3.05, 3.63) is 0 Å². The summed E-state index contributed by atoms with van der Waals surface area (Å²) in [6, 6.07) is 0. The predicted octanol–water partition coefficient (Wildman–Crippen LogP) is 0.106. The molecule has 0 radical (unpaired) electrons. The first kappa shape index (κ1) is 14.4. The highest BCUT2D eigenvalue weighted by Gasteiger charge is 2.51. The van der Waals surface area contributed by atoms with Crippen LogP contribution in [-0.4, -0.2) is 64.4 Å². The molecule has 0 aromatic rings. The second-order valence-corrected chi connectivity index (χ2v) is 4.90. The number of nitrogens with zero attached hydrogens (tertiary/aromatic N) is 1. The number of carbonyl (C=O) groups excluding carboxylic acids is 1. The molecule has 5 nitrogen and oxygen atoms in total. The molecule has 0 aromatic carbocycles. The lowest BCUT2D eigenvalue weighted by Crippen LogP contribution is -2.59. The summed E-state index contributed by atoms with van der Waals surface area (Å²) in [4.78, 5) is 14.1. The van der Waals surface area contributed by atoms with E-state index in [2.05, 4.69) is 10.2 Å². The van der Waals surface area contributed by atoms with Gasteiger partial charge >= 0.3 is 5.97 Å². The van der Waals surface area contributed by atoms with Crippen LogP contribution < -0.4 is 5.32 Å². The molecule has 0 amide bonds. The third-order valence-corrected chi connectivity index (χ3v) is 3.20. The molecule has 100 valence electrons. The Hall–Kier alpha value is -0.650. The van der Waals surface area contributed by atoms with Gasteiger partial charge in [0, 0.05) is 20.2 Å². The first-order valence-corrected chi connectivity index (χ1v) is 6.04. The van der Waals surface area contributed by atoms with E-state index in [-0.39, 0.29) is 5.97 Å². The Kier molecular flexibility index (Phi) is 5.36. The van der Waals surface area contributed by atoms with E-state index in [4.69, 9.17) is 9.47 Å². The highest BCUT2D eigenvalue weighted by atomic mass is 16.5. The number of carbonyl (C=O) groups is 1. The van der Waals surface area contributed by atoms with Crippen LogP contribution in [-0.2, 0) is 14.3 Å². The molecular formula is C12H24N2O3. The van der Waals surface area contributed by atoms with Crippen LogP contribution in [0.3, 0.4) is 0 Å². The zero-order chi connectivity index (χ0) is 12.9. The molecule has 0 bridgehead atoms. The Morgan fingerprint density at radius 3 is 2.47 bits per heavy atom. The Labute approximate surface area is 103 Å². The third kappa shape index (κ3) is 3.66. The molecule has 0 aliphatic heterocycles. The fraction of sp³-hybridized carbons (Fsp3) is 0.917. The van der Waals surface area contributed by atoms with E-state index in [0.29, 0.717) is 12.5 Å². The van der Waals surface area contributed by atoms with E-state index >= 15 is 0 Å². The number of ether oxygens (including phenoxy) is 2. The highest BCUT2D eigenvalue weighted by Crippen LogP contribution is 2.40. The van der Waals surface area contributed by atoms with Crippen molar-refractivity contribution in [2.75, 3.05) is 48.0 Å². The third-order valence-electron chi connectivity index (χ3n) is 3.20. The summed E-state index contributed by atoms with van der Waals surface area (Å²) < 4.78 is 10.1. The topological polar surface area (TPSA) is 50.8 Å². The average Bonchev–Trinajstić information content (AvgIpc) is 3.10. The maximum Gasteiger partial charge on any atom is 0.328 e. The van der Waals surface area contributed by atoms with E-state index < -0.39 is 5.54 Å². The number of methoxy groups -OCH3 is 2. The number of likely N-dealkylation sites (N-methyl/N-ethyl adjacent to an activating group) is 1. The van der Waals surface area contributed by atoms with Gasteiger partial charge in [0.05, 0.1) is 13.7 Å². The molecule has 0 saturated heterocycles. The summed E-state index contributed by atoms with van der Waals surface area (Å²) >= 11 is 0. The van der Waals surface area contributed by atoms with Gasteiger partial charge in [-0.2, -0.15) is 0 Å². The summed E-state index contributed by atoms with van der Waals surface area (Å²) in [6.45, 7) is 2.01. The minimum atomic E-state index is -0.653. The van der Waals surface area contributed by atoms with E-state index in [1.807, 2.05) is 14.1 Å². The minimum absolute atomic E-state index is 0.208. The molecule has 0 heterocycles. The van der Waals surface area contributed by atoms with Crippen LogP contribution in [0.25, 0.3) is 0 Å². The number of rotatable bonds is 8. The van der Waals surface area contributed by atoms with Crippen LogP contribution in [0.15, 0.2) is 0 Å². The fourth-order valence-corrected chi connectivity index (χ4v) is 2.10. The van der Waals surface area contributed by atoms with Crippen LogP contribution in [0.4, 0.5) is 0 Å². The van der Waals surface area contributed by atoms with Gasteiger partial charge in [0.2, 0.25) is 0 Å². The summed E-state index contributed by atoms with van der Waals surface area (Å²) in [5.41, 5.74) is -0.653. The quantitative estimate of drug-likeness (QED) is 0.614. The summed E-state index contributed by atoms with van der Waals surface area (Å²) in [5, 5.41) is 3.34. The normalized spacial score (nSPS) is 19.1. The van der Waals surface area contributed by atoms with Crippen molar-refractivity contribution in [2.24, 2.45) is 5.92 Å². The Morgan fingerprint density at radius 1 is 1.41 bits per heavy atom. The number of hydrogen-bond donors (Lipinski definition) is 1. The molecule has 0 spiro atoms. The molecule has 17 heavy (non-hydrogen) atoms. The molecule has 0 aromatic heterocycles. The van der Waals surface area contributed by atoms with Crippen molar-refractivity contribution in [2.45, 2.75) is 18.4 Å². The Balaban J connectivity index is 2.65. The van der Waals surface area contributed by atoms with Gasteiger partial charge < -0.3 is 14.4 Å². The lowest BCUT2D eigenvalue weighted by atomic mass is 9.94. The second-order valence-electron chi connectivity index (χ2n) is 4.90. The van der Waals surface area contributed by atoms with Gasteiger partial charge in [-0.15, -0.1) is 0 Å². The monoisotopic (exact) mass is 244 g/mol. The summed E-state index contributed by atoms with van der Waals surface area (Å²) in [5.74, 6) is 0.137. The van der Waals surface area contributed by atoms with Gasteiger partial charge in [0.1, 0.15) is 5.54 Å². The molecule has 1 fully saturated rings. The van der Waals surface area contributed by atoms with Crippen LogP contribution in [0.1, 0.15) is 12.8 Å². The van der Waals surface area contributed by atoms with Gasteiger partial charge in [-0.25, -0.2) is 4.79 Å². The molecule has 1 unspecified atom stereocenters. The SMILES string of the molecule is COCC(NCCN(C)C)(C(=O)OC)C1CC1. The largest absolute Gasteiger partial charge is 0.468 e. The standard InChI is InChI=1S/C12H24N2O3/c1-14(2)8-7-13-12(9-16-3,10-5-6-10)11(15)17-4/h10,13H,5-9H2,1-4H3. The molecular weight excluding hydrogens is 220 g/mol. The van der Waals surface area contributed by atoms with E-state index in [1.165, 1.54) is 7.11 Å². The first-order chi connectivity index (χ1) is 8.06. The van der Waals surface area contributed by atoms with Crippen LogP contribution in [0, 0.1) is 5.92 Å². The molecule has 1 N–H and O–H groups in total. The minimum Gasteiger partial charge on any atom is -0.468 e. The second kappa shape index (κ2) is 6.33. The molecule has 1 aliphatic rings. The number of esters is 1. The van der Waals surface area contributed by atoms with Crippen LogP contribution >= 0.6 is 0 Å². The van der Waals surface area contributed by atoms with Crippen molar-refractivity contribution in [3.8, 4) is 0 Å². The average molecular weight is 244 g/mol. The lowest BCUT2D eigenvalue weighted by Gasteiger charge is -2.32. The predicted molar refractivity (Wildman–Crippen MR) is 65.9 cm³/mol. The lowest BCUT2D eigenvalue weighted by molar-refractivity contribution is -0.152. The molecule has 5 heteroatoms. The van der Waals surface area contributed by atoms with Crippen molar-refractivity contribution in [1.29, 1.82) is 0 Å². The van der Waals surface area contributed by atoms with Gasteiger partial charge in [-0.1, -0.05) is 0 Å². The highest BCUT2D eigenvalue weighted by molar-refractivity contribution is 5.82. The van der Waals surface area contributed by atoms with Gasteiger partial charge in [-0.05, 0) is 32.9 Å². The Morgan fingerprint density at radius 2 is 2.06 bits per heavy atom. The van der Waals surface area contributed by atoms with Crippen molar-refractivity contribution in [3.63, 3.8) is 0 Å². The molecule has 1 saturated carbocycles. The summed E-state index contributed by atoms with van der Waals surface area (Å²) in [7, 11) is 7.07. The first-order valence-electron chi connectivity index (χ1n) is 6.04. The number of nitrogens with one attached hydrogen (secondary N) is 1. The van der Waals surface area contributed by atoms with E-state index in [0.717, 1.165) is 25.9 Å². The van der Waals surface area contributed by atoms with E-state index in [1.54, 1.807) is 7.11 Å². The zero-order valence-electron chi connectivity index (χ0n) is 11.3. The van der Waals surface area contributed by atoms with Crippen molar-refractivity contribution < 1.29 is 14.3 Å². The molecule has 1 rings (SSSR count). The number of hydrogen-bond acceptors (Lipinski definition) is 5. The van der Waals surface area contributed by atoms with Crippen LogP contribution in [0.2, 0.25) is 0 Å². The van der Waals surface area contributed by atoms with Gasteiger partial charge in [-0.3, -0.25) is 5.32 Å². The van der Waals surface area contributed by atoms with Gasteiger partial charge in [0.15, 0.2) is 0 Å². The Bertz CT molecular complexity index is 254. The van der Waals surface area contributed by atoms with Crippen molar-refractivity contribution >= 4 is 5.97 Å². The smallest absolute Gasteiger partial charge is 0.328 e. The van der Waals surface area contributed by atoms with Crippen molar-refractivity contribution in [1.82, 2.24) is 10.2 Å². The maximum atomic E-state index is 12.0. The van der Waals surface area contributed by atoms with Gasteiger partial charge in [0.25, 0.3) is 0 Å². The molecule has 1 aliphatic carbocycles. The van der Waals surface area contributed by atoms with E-state index in [9.17, 15) is 4.79 Å². The zero-order valence-corrected chi connectivity index (χ0v) is 11.3. The molecule has 1 atom stereocenters. The fourth-order valence-electron chi connectivity index (χ4n) is 2.10. The summed E-state index contributed by atoms with van der Waals surface area (Å²) in [6.07, 6.45) is 2.13. The van der Waals surface area contributed by atoms with Crippen LogP contribution in [0.5, 0.6) is 0 Å². The maximum absolute atomic E-state index is 12.0.